The van der Waals surface area contributed by atoms with E-state index >= 15 is 0 Å². The molecule has 4 nitrogen and oxygen atoms in total. The Hall–Kier alpha value is -2.41. The first-order chi connectivity index (χ1) is 9.36. The van der Waals surface area contributed by atoms with E-state index in [9.17, 15) is 0 Å². The quantitative estimate of drug-likeness (QED) is 0.890. The molecule has 0 radical (unpaired) electrons. The summed E-state index contributed by atoms with van der Waals surface area (Å²) in [6, 6.07) is 12.3. The smallest absolute Gasteiger partial charge is 0.224 e. The Bertz CT molecular complexity index is 630. The third-order valence-electron chi connectivity index (χ3n) is 3.44. The number of hydrogen-bond acceptors (Lipinski definition) is 4. The van der Waals surface area contributed by atoms with Crippen molar-refractivity contribution in [2.24, 2.45) is 0 Å². The van der Waals surface area contributed by atoms with Gasteiger partial charge in [0.25, 0.3) is 0 Å². The zero-order valence-corrected chi connectivity index (χ0v) is 10.5. The molecule has 1 unspecified atom stereocenters. The summed E-state index contributed by atoms with van der Waals surface area (Å²) < 4.78 is 0. The third-order valence-corrected chi connectivity index (χ3v) is 3.44. The van der Waals surface area contributed by atoms with Gasteiger partial charge in [0, 0.05) is 6.20 Å². The normalized spacial score (nSPS) is 17.3. The molecule has 0 saturated heterocycles. The fourth-order valence-electron chi connectivity index (χ4n) is 2.55. The molecule has 0 fully saturated rings. The van der Waals surface area contributed by atoms with Crippen LogP contribution in [0.25, 0.3) is 0 Å². The van der Waals surface area contributed by atoms with Crippen molar-refractivity contribution in [3.05, 3.63) is 53.3 Å². The van der Waals surface area contributed by atoms with Crippen molar-refractivity contribution in [3.8, 4) is 6.07 Å². The van der Waals surface area contributed by atoms with Crippen molar-refractivity contribution in [2.45, 2.75) is 25.3 Å². The maximum Gasteiger partial charge on any atom is 0.224 e. The van der Waals surface area contributed by atoms with Crippen LogP contribution in [-0.4, -0.2) is 9.97 Å². The van der Waals surface area contributed by atoms with Crippen LogP contribution < -0.4 is 5.32 Å². The number of anilines is 1. The van der Waals surface area contributed by atoms with Crippen LogP contribution in [-0.2, 0) is 6.42 Å². The van der Waals surface area contributed by atoms with Crippen LogP contribution in [0.3, 0.4) is 0 Å². The Morgan fingerprint density at radius 1 is 1.26 bits per heavy atom. The maximum absolute atomic E-state index is 8.86. The Morgan fingerprint density at radius 3 is 3.05 bits per heavy atom. The summed E-state index contributed by atoms with van der Waals surface area (Å²) in [4.78, 5) is 8.36. The average molecular weight is 250 g/mol. The van der Waals surface area contributed by atoms with Gasteiger partial charge >= 0.3 is 0 Å². The van der Waals surface area contributed by atoms with E-state index in [2.05, 4.69) is 39.6 Å². The molecule has 0 saturated carbocycles. The summed E-state index contributed by atoms with van der Waals surface area (Å²) in [6.07, 6.45) is 4.97. The van der Waals surface area contributed by atoms with Crippen LogP contribution in [0.15, 0.2) is 36.5 Å². The van der Waals surface area contributed by atoms with Crippen LogP contribution in [0.5, 0.6) is 0 Å². The molecular weight excluding hydrogens is 236 g/mol. The van der Waals surface area contributed by atoms with Gasteiger partial charge < -0.3 is 5.32 Å². The molecule has 0 amide bonds. The second kappa shape index (κ2) is 5.07. The minimum atomic E-state index is 0.235. The van der Waals surface area contributed by atoms with Crippen LogP contribution in [0, 0.1) is 11.3 Å². The summed E-state index contributed by atoms with van der Waals surface area (Å²) in [5.41, 5.74) is 3.10. The lowest BCUT2D eigenvalue weighted by Gasteiger charge is -2.26. The van der Waals surface area contributed by atoms with Gasteiger partial charge in [-0.05, 0) is 36.5 Å². The number of fused-ring (bicyclic) bond motifs is 1. The van der Waals surface area contributed by atoms with Crippen molar-refractivity contribution in [1.82, 2.24) is 9.97 Å². The standard InChI is InChI=1S/C15H14N4/c16-10-12-8-9-17-15(18-12)19-14-7-3-5-11-4-1-2-6-13(11)14/h1-2,4,6,8-9,14H,3,5,7H2,(H,17,18,19). The van der Waals surface area contributed by atoms with Crippen molar-refractivity contribution in [3.63, 3.8) is 0 Å². The Balaban J connectivity index is 1.86. The van der Waals surface area contributed by atoms with E-state index in [4.69, 9.17) is 5.26 Å². The van der Waals surface area contributed by atoms with Gasteiger partial charge in [-0.1, -0.05) is 24.3 Å². The maximum atomic E-state index is 8.86. The lowest BCUT2D eigenvalue weighted by Crippen LogP contribution is -2.18. The Morgan fingerprint density at radius 2 is 2.16 bits per heavy atom. The molecule has 94 valence electrons. The number of rotatable bonds is 2. The van der Waals surface area contributed by atoms with E-state index in [1.54, 1.807) is 12.3 Å². The summed E-state index contributed by atoms with van der Waals surface area (Å²) in [5.74, 6) is 0.528. The number of hydrogen-bond donors (Lipinski definition) is 1. The van der Waals surface area contributed by atoms with E-state index in [0.29, 0.717) is 11.6 Å². The number of benzene rings is 1. The molecule has 0 spiro atoms. The van der Waals surface area contributed by atoms with Gasteiger partial charge in [0.2, 0.25) is 5.95 Å². The molecule has 19 heavy (non-hydrogen) atoms. The van der Waals surface area contributed by atoms with Crippen LogP contribution in [0.2, 0.25) is 0 Å². The van der Waals surface area contributed by atoms with Crippen LogP contribution in [0.1, 0.15) is 35.7 Å². The molecule has 0 bridgehead atoms. The largest absolute Gasteiger partial charge is 0.347 e. The third kappa shape index (κ3) is 2.41. The molecule has 3 rings (SSSR count). The highest BCUT2D eigenvalue weighted by Crippen LogP contribution is 2.31. The van der Waals surface area contributed by atoms with Crippen molar-refractivity contribution < 1.29 is 0 Å². The molecule has 1 aromatic carbocycles. The zero-order valence-electron chi connectivity index (χ0n) is 10.5. The highest BCUT2D eigenvalue weighted by Gasteiger charge is 2.20. The van der Waals surface area contributed by atoms with Gasteiger partial charge in [-0.2, -0.15) is 5.26 Å². The minimum Gasteiger partial charge on any atom is -0.347 e. The average Bonchev–Trinajstić information content (AvgIpc) is 2.48. The monoisotopic (exact) mass is 250 g/mol. The summed E-state index contributed by atoms with van der Waals surface area (Å²) in [7, 11) is 0. The van der Waals surface area contributed by atoms with Gasteiger partial charge in [0.05, 0.1) is 6.04 Å². The number of nitrogens with one attached hydrogen (secondary N) is 1. The molecule has 2 aromatic rings. The van der Waals surface area contributed by atoms with E-state index in [1.165, 1.54) is 11.1 Å². The number of nitrogens with zero attached hydrogens (tertiary/aromatic N) is 3. The van der Waals surface area contributed by atoms with Gasteiger partial charge in [-0.15, -0.1) is 0 Å². The second-order valence-corrected chi connectivity index (χ2v) is 4.67. The van der Waals surface area contributed by atoms with E-state index in [1.807, 2.05) is 6.07 Å². The lowest BCUT2D eigenvalue weighted by atomic mass is 9.88. The van der Waals surface area contributed by atoms with Gasteiger partial charge in [-0.3, -0.25) is 0 Å². The van der Waals surface area contributed by atoms with Crippen molar-refractivity contribution >= 4 is 5.95 Å². The summed E-state index contributed by atoms with van der Waals surface area (Å²) in [5, 5.41) is 12.2. The van der Waals surface area contributed by atoms with E-state index in [0.717, 1.165) is 19.3 Å². The highest BCUT2D eigenvalue weighted by molar-refractivity contribution is 5.39. The fourth-order valence-corrected chi connectivity index (χ4v) is 2.55. The highest BCUT2D eigenvalue weighted by atomic mass is 15.1. The number of aryl methyl sites for hydroxylation is 1. The molecule has 1 aliphatic carbocycles. The van der Waals surface area contributed by atoms with Crippen molar-refractivity contribution in [2.75, 3.05) is 5.32 Å². The Kier molecular flexibility index (Phi) is 3.11. The van der Waals surface area contributed by atoms with Gasteiger partial charge in [-0.25, -0.2) is 9.97 Å². The van der Waals surface area contributed by atoms with Gasteiger partial charge in [0.15, 0.2) is 0 Å². The molecule has 1 aliphatic rings. The van der Waals surface area contributed by atoms with Crippen LogP contribution >= 0.6 is 0 Å². The number of aromatic nitrogens is 2. The molecule has 0 aliphatic heterocycles. The zero-order chi connectivity index (χ0) is 13.1. The van der Waals surface area contributed by atoms with E-state index < -0.39 is 0 Å². The van der Waals surface area contributed by atoms with Gasteiger partial charge in [0.1, 0.15) is 11.8 Å². The first-order valence-corrected chi connectivity index (χ1v) is 6.44. The lowest BCUT2D eigenvalue weighted by molar-refractivity contribution is 0.596. The number of nitriles is 1. The Labute approximate surface area is 112 Å². The first-order valence-electron chi connectivity index (χ1n) is 6.44. The first kappa shape index (κ1) is 11.7. The summed E-state index contributed by atoms with van der Waals surface area (Å²) >= 11 is 0. The minimum absolute atomic E-state index is 0.235. The SMILES string of the molecule is N#Cc1ccnc(NC2CCCc3ccccc32)n1. The molecule has 4 heteroatoms. The molecule has 1 heterocycles. The molecular formula is C15H14N4. The fraction of sp³-hybridized carbons (Fsp3) is 0.267. The molecule has 1 atom stereocenters. The van der Waals surface area contributed by atoms with Crippen molar-refractivity contribution in [1.29, 1.82) is 5.26 Å². The summed E-state index contributed by atoms with van der Waals surface area (Å²) in [6.45, 7) is 0. The predicted octanol–water partition coefficient (Wildman–Crippen LogP) is 2.84. The van der Waals surface area contributed by atoms with Crippen LogP contribution in [0.4, 0.5) is 5.95 Å². The predicted molar refractivity (Wildman–Crippen MR) is 72.5 cm³/mol. The molecule has 1 aromatic heterocycles. The second-order valence-electron chi connectivity index (χ2n) is 4.67. The van der Waals surface area contributed by atoms with E-state index in [-0.39, 0.29) is 6.04 Å². The molecule has 1 N–H and O–H groups in total. The topological polar surface area (TPSA) is 61.6 Å².